The molecule has 0 radical (unpaired) electrons. The molecule has 0 unspecified atom stereocenters. The molecule has 0 spiro atoms. The van der Waals surface area contributed by atoms with Gasteiger partial charge in [0.25, 0.3) is 0 Å². The Morgan fingerprint density at radius 1 is 0.750 bits per heavy atom. The molecule has 5 nitrogen and oxygen atoms in total. The van der Waals surface area contributed by atoms with Gasteiger partial charge in [-0.05, 0) is 60.5 Å². The Balaban J connectivity index is 1.36. The largest absolute Gasteiger partial charge is 0.494 e. The Hall–Kier alpha value is -3.47. The van der Waals surface area contributed by atoms with E-state index >= 15 is 0 Å². The molecule has 0 fully saturated rings. The van der Waals surface area contributed by atoms with Crippen LogP contribution in [0.1, 0.15) is 38.2 Å². The SMILES string of the molecule is CCCCCCOc1ccc(NC(=O)CNc2ccc(OCc3ccccc3)cc2)cc1. The van der Waals surface area contributed by atoms with Gasteiger partial charge in [-0.3, -0.25) is 4.79 Å². The molecule has 0 aliphatic rings. The molecular weight excluding hydrogens is 400 g/mol. The molecule has 0 aliphatic heterocycles. The fraction of sp³-hybridized carbons (Fsp3) is 0.296. The third kappa shape index (κ3) is 8.34. The lowest BCUT2D eigenvalue weighted by molar-refractivity contribution is -0.114. The van der Waals surface area contributed by atoms with Crippen molar-refractivity contribution < 1.29 is 14.3 Å². The van der Waals surface area contributed by atoms with E-state index in [1.807, 2.05) is 78.9 Å². The third-order valence-corrected chi connectivity index (χ3v) is 4.96. The maximum atomic E-state index is 12.2. The van der Waals surface area contributed by atoms with E-state index in [0.29, 0.717) is 6.61 Å². The average molecular weight is 433 g/mol. The van der Waals surface area contributed by atoms with Crippen LogP contribution < -0.4 is 20.1 Å². The van der Waals surface area contributed by atoms with Gasteiger partial charge in [-0.1, -0.05) is 56.5 Å². The van der Waals surface area contributed by atoms with Crippen molar-refractivity contribution in [3.8, 4) is 11.5 Å². The van der Waals surface area contributed by atoms with Gasteiger partial charge >= 0.3 is 0 Å². The first-order chi connectivity index (χ1) is 15.7. The molecule has 3 aromatic carbocycles. The van der Waals surface area contributed by atoms with Crippen LogP contribution in [-0.2, 0) is 11.4 Å². The minimum atomic E-state index is -0.109. The summed E-state index contributed by atoms with van der Waals surface area (Å²) in [5, 5.41) is 6.02. The summed E-state index contributed by atoms with van der Waals surface area (Å²) < 4.78 is 11.5. The smallest absolute Gasteiger partial charge is 0.243 e. The zero-order chi connectivity index (χ0) is 22.4. The number of anilines is 2. The van der Waals surface area contributed by atoms with E-state index in [1.165, 1.54) is 19.3 Å². The van der Waals surface area contributed by atoms with E-state index in [2.05, 4.69) is 17.6 Å². The molecule has 2 N–H and O–H groups in total. The molecule has 3 rings (SSSR count). The van der Waals surface area contributed by atoms with Crippen LogP contribution in [0.5, 0.6) is 11.5 Å². The molecule has 0 atom stereocenters. The molecular formula is C27H32N2O3. The summed E-state index contributed by atoms with van der Waals surface area (Å²) in [6.45, 7) is 3.63. The minimum absolute atomic E-state index is 0.109. The molecule has 0 bridgehead atoms. The number of rotatable bonds is 13. The van der Waals surface area contributed by atoms with Crippen molar-refractivity contribution >= 4 is 17.3 Å². The number of unbranched alkanes of at least 4 members (excludes halogenated alkanes) is 3. The van der Waals surface area contributed by atoms with Crippen LogP contribution in [0, 0.1) is 0 Å². The van der Waals surface area contributed by atoms with Gasteiger partial charge < -0.3 is 20.1 Å². The predicted molar refractivity (Wildman–Crippen MR) is 130 cm³/mol. The second-order valence-electron chi connectivity index (χ2n) is 7.63. The van der Waals surface area contributed by atoms with Crippen LogP contribution in [0.4, 0.5) is 11.4 Å². The van der Waals surface area contributed by atoms with Crippen molar-refractivity contribution in [3.05, 3.63) is 84.4 Å². The molecule has 32 heavy (non-hydrogen) atoms. The zero-order valence-corrected chi connectivity index (χ0v) is 18.7. The first-order valence-electron chi connectivity index (χ1n) is 11.3. The van der Waals surface area contributed by atoms with Gasteiger partial charge in [-0.15, -0.1) is 0 Å². The third-order valence-electron chi connectivity index (χ3n) is 4.96. The first-order valence-corrected chi connectivity index (χ1v) is 11.3. The number of nitrogens with one attached hydrogen (secondary N) is 2. The molecule has 5 heteroatoms. The summed E-state index contributed by atoms with van der Waals surface area (Å²) in [4.78, 5) is 12.2. The number of carbonyl (C=O) groups excluding carboxylic acids is 1. The molecule has 0 heterocycles. The van der Waals surface area contributed by atoms with E-state index in [4.69, 9.17) is 9.47 Å². The molecule has 3 aromatic rings. The maximum Gasteiger partial charge on any atom is 0.243 e. The molecule has 0 aromatic heterocycles. The summed E-state index contributed by atoms with van der Waals surface area (Å²) in [7, 11) is 0. The van der Waals surface area contributed by atoms with E-state index < -0.39 is 0 Å². The van der Waals surface area contributed by atoms with Crippen LogP contribution in [0.3, 0.4) is 0 Å². The number of ether oxygens (including phenoxy) is 2. The highest BCUT2D eigenvalue weighted by molar-refractivity contribution is 5.93. The van der Waals surface area contributed by atoms with E-state index in [9.17, 15) is 4.79 Å². The lowest BCUT2D eigenvalue weighted by Crippen LogP contribution is -2.21. The van der Waals surface area contributed by atoms with Gasteiger partial charge in [-0.25, -0.2) is 0 Å². The Bertz CT molecular complexity index is 925. The van der Waals surface area contributed by atoms with Crippen molar-refractivity contribution in [2.45, 2.75) is 39.2 Å². The van der Waals surface area contributed by atoms with Gasteiger partial charge in [0.15, 0.2) is 0 Å². The lowest BCUT2D eigenvalue weighted by atomic mass is 10.2. The lowest BCUT2D eigenvalue weighted by Gasteiger charge is -2.10. The first kappa shape index (κ1) is 23.2. The summed E-state index contributed by atoms with van der Waals surface area (Å²) >= 11 is 0. The Morgan fingerprint density at radius 2 is 1.41 bits per heavy atom. The van der Waals surface area contributed by atoms with Crippen molar-refractivity contribution in [1.82, 2.24) is 0 Å². The van der Waals surface area contributed by atoms with Crippen LogP contribution in [-0.4, -0.2) is 19.1 Å². The van der Waals surface area contributed by atoms with E-state index in [-0.39, 0.29) is 12.5 Å². The number of hydrogen-bond acceptors (Lipinski definition) is 4. The monoisotopic (exact) mass is 432 g/mol. The highest BCUT2D eigenvalue weighted by Gasteiger charge is 2.04. The van der Waals surface area contributed by atoms with Crippen LogP contribution in [0.2, 0.25) is 0 Å². The molecule has 1 amide bonds. The Labute approximate surface area is 190 Å². The van der Waals surface area contributed by atoms with Crippen LogP contribution in [0.15, 0.2) is 78.9 Å². The van der Waals surface area contributed by atoms with E-state index in [1.54, 1.807) is 0 Å². The number of carbonyl (C=O) groups is 1. The number of benzene rings is 3. The van der Waals surface area contributed by atoms with Gasteiger partial charge in [0, 0.05) is 11.4 Å². The second kappa shape index (κ2) is 13.1. The molecule has 0 saturated carbocycles. The van der Waals surface area contributed by atoms with Gasteiger partial charge in [0.1, 0.15) is 18.1 Å². The van der Waals surface area contributed by atoms with Crippen LogP contribution >= 0.6 is 0 Å². The molecule has 0 aliphatic carbocycles. The highest BCUT2D eigenvalue weighted by Crippen LogP contribution is 2.18. The fourth-order valence-electron chi connectivity index (χ4n) is 3.15. The molecule has 0 saturated heterocycles. The second-order valence-corrected chi connectivity index (χ2v) is 7.63. The van der Waals surface area contributed by atoms with Gasteiger partial charge in [0.2, 0.25) is 5.91 Å². The van der Waals surface area contributed by atoms with Gasteiger partial charge in [-0.2, -0.15) is 0 Å². The summed E-state index contributed by atoms with van der Waals surface area (Å²) in [5.41, 5.74) is 2.73. The Morgan fingerprint density at radius 3 is 2.09 bits per heavy atom. The van der Waals surface area contributed by atoms with E-state index in [0.717, 1.165) is 41.5 Å². The van der Waals surface area contributed by atoms with Crippen molar-refractivity contribution in [1.29, 1.82) is 0 Å². The minimum Gasteiger partial charge on any atom is -0.494 e. The topological polar surface area (TPSA) is 59.6 Å². The summed E-state index contributed by atoms with van der Waals surface area (Å²) in [5.74, 6) is 1.51. The predicted octanol–water partition coefficient (Wildman–Crippen LogP) is 6.28. The highest BCUT2D eigenvalue weighted by atomic mass is 16.5. The normalized spacial score (nSPS) is 10.4. The average Bonchev–Trinajstić information content (AvgIpc) is 2.84. The summed E-state index contributed by atoms with van der Waals surface area (Å²) in [6.07, 6.45) is 4.73. The summed E-state index contributed by atoms with van der Waals surface area (Å²) in [6, 6.07) is 25.1. The number of amides is 1. The maximum absolute atomic E-state index is 12.2. The standard InChI is InChI=1S/C27H32N2O3/c1-2-3-4-8-19-31-25-17-13-24(14-18-25)29-27(30)20-28-23-11-15-26(16-12-23)32-21-22-9-6-5-7-10-22/h5-7,9-18,28H,2-4,8,19-21H2,1H3,(H,29,30). The van der Waals surface area contributed by atoms with Crippen molar-refractivity contribution in [3.63, 3.8) is 0 Å². The van der Waals surface area contributed by atoms with Crippen molar-refractivity contribution in [2.24, 2.45) is 0 Å². The quantitative estimate of drug-likeness (QED) is 0.312. The Kier molecular flexibility index (Phi) is 9.46. The number of hydrogen-bond donors (Lipinski definition) is 2. The van der Waals surface area contributed by atoms with Crippen LogP contribution in [0.25, 0.3) is 0 Å². The van der Waals surface area contributed by atoms with Crippen molar-refractivity contribution in [2.75, 3.05) is 23.8 Å². The molecule has 168 valence electrons. The zero-order valence-electron chi connectivity index (χ0n) is 18.7. The fourth-order valence-corrected chi connectivity index (χ4v) is 3.15. The van der Waals surface area contributed by atoms with Gasteiger partial charge in [0.05, 0.1) is 13.2 Å².